The van der Waals surface area contributed by atoms with Crippen molar-refractivity contribution in [2.45, 2.75) is 77.9 Å². The van der Waals surface area contributed by atoms with Crippen LogP contribution in [0.4, 0.5) is 8.78 Å². The van der Waals surface area contributed by atoms with Crippen molar-refractivity contribution in [3.8, 4) is 0 Å². The Balaban J connectivity index is 1.82. The van der Waals surface area contributed by atoms with Crippen molar-refractivity contribution in [3.63, 3.8) is 0 Å². The maximum Gasteiger partial charge on any atom is 0.253 e. The molecule has 0 aliphatic carbocycles. The molecule has 10 heteroatoms. The standard InChI is InChI=1S/C31H42F2N4O4/c1-4-10-36(11-5-2)31(41)24-14-21(3)13-23(18-24)30(40)35-27(17-22-15-25(32)19-26(33)16-22)28(38)20-34-37-12-8-6-7-9-29(37)39/h13-16,18-19,27-28,34,38H,4-12,17,20H2,1-3H3,(H,35,40)/t27-,28+/m0/s1. The topological polar surface area (TPSA) is 102 Å². The van der Waals surface area contributed by atoms with E-state index in [0.29, 0.717) is 31.6 Å². The Bertz CT molecular complexity index is 1180. The third kappa shape index (κ3) is 9.60. The number of benzene rings is 2. The number of aliphatic hydroxyl groups excluding tert-OH is 1. The molecule has 1 aliphatic heterocycles. The minimum Gasteiger partial charge on any atom is -0.390 e. The summed E-state index contributed by atoms with van der Waals surface area (Å²) < 4.78 is 27.9. The molecule has 2 aromatic rings. The van der Waals surface area contributed by atoms with Gasteiger partial charge >= 0.3 is 0 Å². The van der Waals surface area contributed by atoms with E-state index in [0.717, 1.165) is 55.9 Å². The Morgan fingerprint density at radius 1 is 0.976 bits per heavy atom. The van der Waals surface area contributed by atoms with Crippen LogP contribution in [0.3, 0.4) is 0 Å². The van der Waals surface area contributed by atoms with Gasteiger partial charge in [0.05, 0.1) is 12.1 Å². The number of hydrazine groups is 1. The van der Waals surface area contributed by atoms with Crippen molar-refractivity contribution in [3.05, 3.63) is 70.3 Å². The molecular formula is C31H42F2N4O4. The predicted molar refractivity (Wildman–Crippen MR) is 153 cm³/mol. The highest BCUT2D eigenvalue weighted by Gasteiger charge is 2.26. The number of nitrogens with zero attached hydrogens (tertiary/aromatic N) is 2. The molecule has 1 saturated heterocycles. The van der Waals surface area contributed by atoms with Gasteiger partial charge in [0.25, 0.3) is 11.8 Å². The quantitative estimate of drug-likeness (QED) is 0.335. The first kappa shape index (κ1) is 32.1. The molecule has 41 heavy (non-hydrogen) atoms. The SMILES string of the molecule is CCCN(CCC)C(=O)c1cc(C)cc(C(=O)N[C@@H](Cc2cc(F)cc(F)c2)[C@H](O)CNN2CCCCCC2=O)c1. The molecule has 3 rings (SSSR count). The zero-order valence-corrected chi connectivity index (χ0v) is 24.2. The molecule has 0 aromatic heterocycles. The number of aliphatic hydroxyl groups is 1. The van der Waals surface area contributed by atoms with Crippen LogP contribution in [0.25, 0.3) is 0 Å². The van der Waals surface area contributed by atoms with Gasteiger partial charge in [-0.3, -0.25) is 19.4 Å². The monoisotopic (exact) mass is 572 g/mol. The summed E-state index contributed by atoms with van der Waals surface area (Å²) in [5, 5.41) is 15.4. The number of hydrogen-bond donors (Lipinski definition) is 3. The summed E-state index contributed by atoms with van der Waals surface area (Å²) in [7, 11) is 0. The smallest absolute Gasteiger partial charge is 0.253 e. The first-order chi connectivity index (χ1) is 19.6. The van der Waals surface area contributed by atoms with Crippen LogP contribution in [0.5, 0.6) is 0 Å². The molecule has 8 nitrogen and oxygen atoms in total. The number of nitrogens with one attached hydrogen (secondary N) is 2. The number of amides is 3. The highest BCUT2D eigenvalue weighted by Crippen LogP contribution is 2.16. The Morgan fingerprint density at radius 2 is 1.63 bits per heavy atom. The number of halogens is 2. The van der Waals surface area contributed by atoms with Crippen molar-refractivity contribution in [1.82, 2.24) is 20.7 Å². The third-order valence-electron chi connectivity index (χ3n) is 7.08. The van der Waals surface area contributed by atoms with Crippen LogP contribution in [0.2, 0.25) is 0 Å². The predicted octanol–water partition coefficient (Wildman–Crippen LogP) is 4.14. The van der Waals surface area contributed by atoms with E-state index < -0.39 is 29.7 Å². The van der Waals surface area contributed by atoms with Gasteiger partial charge in [0, 0.05) is 49.8 Å². The van der Waals surface area contributed by atoms with E-state index in [1.165, 1.54) is 11.1 Å². The minimum atomic E-state index is -1.20. The van der Waals surface area contributed by atoms with Gasteiger partial charge in [0.2, 0.25) is 5.91 Å². The van der Waals surface area contributed by atoms with Crippen LogP contribution < -0.4 is 10.7 Å². The second-order valence-electron chi connectivity index (χ2n) is 10.7. The van der Waals surface area contributed by atoms with Gasteiger partial charge in [-0.1, -0.05) is 20.3 Å². The summed E-state index contributed by atoms with van der Waals surface area (Å²) in [4.78, 5) is 40.8. The fourth-order valence-electron chi connectivity index (χ4n) is 5.09. The molecule has 1 heterocycles. The molecule has 2 atom stereocenters. The van der Waals surface area contributed by atoms with Crippen LogP contribution in [-0.4, -0.2) is 71.1 Å². The molecule has 1 fully saturated rings. The zero-order valence-electron chi connectivity index (χ0n) is 24.2. The van der Waals surface area contributed by atoms with Crippen LogP contribution >= 0.6 is 0 Å². The lowest BCUT2D eigenvalue weighted by atomic mass is 9.99. The van der Waals surface area contributed by atoms with Crippen LogP contribution in [-0.2, 0) is 11.2 Å². The average molecular weight is 573 g/mol. The highest BCUT2D eigenvalue weighted by atomic mass is 19.1. The molecule has 3 amide bonds. The molecule has 0 bridgehead atoms. The number of rotatable bonds is 13. The van der Waals surface area contributed by atoms with Crippen molar-refractivity contribution in [2.75, 3.05) is 26.2 Å². The number of hydrogen-bond acceptors (Lipinski definition) is 5. The summed E-state index contributed by atoms with van der Waals surface area (Å²) >= 11 is 0. The minimum absolute atomic E-state index is 0.0599. The molecule has 0 saturated carbocycles. The third-order valence-corrected chi connectivity index (χ3v) is 7.08. The lowest BCUT2D eigenvalue weighted by Gasteiger charge is -2.28. The summed E-state index contributed by atoms with van der Waals surface area (Å²) in [6, 6.07) is 7.03. The molecule has 0 unspecified atom stereocenters. The maximum atomic E-state index is 13.9. The number of aryl methyl sites for hydroxylation is 1. The molecule has 1 aliphatic rings. The van der Waals surface area contributed by atoms with Gasteiger partial charge in [0.1, 0.15) is 11.6 Å². The molecule has 224 valence electrons. The van der Waals surface area contributed by atoms with Gasteiger partial charge < -0.3 is 15.3 Å². The molecule has 0 spiro atoms. The first-order valence-electron chi connectivity index (χ1n) is 14.5. The average Bonchev–Trinajstić information content (AvgIpc) is 3.13. The summed E-state index contributed by atoms with van der Waals surface area (Å²) in [5.41, 5.74) is 4.57. The van der Waals surface area contributed by atoms with Gasteiger partial charge in [-0.2, -0.15) is 0 Å². The second-order valence-corrected chi connectivity index (χ2v) is 10.7. The van der Waals surface area contributed by atoms with E-state index in [-0.39, 0.29) is 35.9 Å². The Morgan fingerprint density at radius 3 is 2.29 bits per heavy atom. The summed E-state index contributed by atoms with van der Waals surface area (Å²) in [6.45, 7) is 7.44. The van der Waals surface area contributed by atoms with E-state index in [4.69, 9.17) is 0 Å². The van der Waals surface area contributed by atoms with Gasteiger partial charge in [-0.15, -0.1) is 0 Å². The maximum absolute atomic E-state index is 13.9. The molecular weight excluding hydrogens is 530 g/mol. The number of carbonyl (C=O) groups excluding carboxylic acids is 3. The van der Waals surface area contributed by atoms with Crippen molar-refractivity contribution >= 4 is 17.7 Å². The van der Waals surface area contributed by atoms with E-state index in [9.17, 15) is 28.3 Å². The van der Waals surface area contributed by atoms with E-state index in [1.807, 2.05) is 13.8 Å². The first-order valence-corrected chi connectivity index (χ1v) is 14.5. The molecule has 0 radical (unpaired) electrons. The van der Waals surface area contributed by atoms with Crippen LogP contribution in [0, 0.1) is 18.6 Å². The summed E-state index contributed by atoms with van der Waals surface area (Å²) in [5.74, 6) is -2.30. The summed E-state index contributed by atoms with van der Waals surface area (Å²) in [6.07, 6.45) is 3.34. The highest BCUT2D eigenvalue weighted by molar-refractivity contribution is 6.00. The van der Waals surface area contributed by atoms with E-state index >= 15 is 0 Å². The molecule has 2 aromatic carbocycles. The van der Waals surface area contributed by atoms with Crippen molar-refractivity contribution in [1.29, 1.82) is 0 Å². The Labute approximate surface area is 241 Å². The number of carbonyl (C=O) groups is 3. The normalized spacial score (nSPS) is 15.3. The largest absolute Gasteiger partial charge is 0.390 e. The van der Waals surface area contributed by atoms with Crippen LogP contribution in [0.1, 0.15) is 84.2 Å². The van der Waals surface area contributed by atoms with E-state index in [1.54, 1.807) is 24.0 Å². The molecule has 3 N–H and O–H groups in total. The van der Waals surface area contributed by atoms with Crippen LogP contribution in [0.15, 0.2) is 36.4 Å². The fraction of sp³-hybridized carbons (Fsp3) is 0.516. The Kier molecular flexibility index (Phi) is 12.2. The Hall–Kier alpha value is -3.37. The van der Waals surface area contributed by atoms with Gasteiger partial charge in [-0.05, 0) is 80.5 Å². The van der Waals surface area contributed by atoms with Crippen molar-refractivity contribution < 1.29 is 28.3 Å². The van der Waals surface area contributed by atoms with Gasteiger partial charge in [0.15, 0.2) is 0 Å². The van der Waals surface area contributed by atoms with E-state index in [2.05, 4.69) is 10.7 Å². The lowest BCUT2D eigenvalue weighted by molar-refractivity contribution is -0.134. The van der Waals surface area contributed by atoms with Crippen molar-refractivity contribution in [2.24, 2.45) is 0 Å². The lowest BCUT2D eigenvalue weighted by Crippen LogP contribution is -2.52. The fourth-order valence-corrected chi connectivity index (χ4v) is 5.09. The van der Waals surface area contributed by atoms with Gasteiger partial charge in [-0.25, -0.2) is 14.2 Å². The zero-order chi connectivity index (χ0) is 29.9. The second kappa shape index (κ2) is 15.6.